The molecule has 0 aliphatic rings. The Kier molecular flexibility index (Phi) is 5.59. The van der Waals surface area contributed by atoms with E-state index in [-0.39, 0.29) is 5.82 Å². The van der Waals surface area contributed by atoms with Crippen LogP contribution in [0, 0.1) is 5.82 Å². The molecule has 0 saturated carbocycles. The average molecular weight is 307 g/mol. The maximum atomic E-state index is 13.8. The van der Waals surface area contributed by atoms with Gasteiger partial charge in [-0.15, -0.1) is 0 Å². The fourth-order valence-corrected chi connectivity index (χ4v) is 2.69. The van der Waals surface area contributed by atoms with Crippen molar-refractivity contribution in [1.29, 1.82) is 0 Å². The van der Waals surface area contributed by atoms with E-state index >= 15 is 0 Å². The Bertz CT molecular complexity index is 601. The van der Waals surface area contributed by atoms with Gasteiger partial charge in [-0.3, -0.25) is 0 Å². The molecule has 0 spiro atoms. The first-order chi connectivity index (χ1) is 10.1. The quantitative estimate of drug-likeness (QED) is 0.859. The molecule has 0 aromatic heterocycles. The first kappa shape index (κ1) is 15.8. The van der Waals surface area contributed by atoms with Crippen molar-refractivity contribution in [3.63, 3.8) is 0 Å². The van der Waals surface area contributed by atoms with Crippen LogP contribution in [0.5, 0.6) is 0 Å². The predicted molar refractivity (Wildman–Crippen MR) is 87.3 cm³/mol. The van der Waals surface area contributed by atoms with Crippen LogP contribution in [-0.2, 0) is 13.1 Å². The zero-order valence-corrected chi connectivity index (χ0v) is 13.1. The van der Waals surface area contributed by atoms with Crippen molar-refractivity contribution in [2.45, 2.75) is 20.0 Å². The van der Waals surface area contributed by atoms with Gasteiger partial charge in [0.25, 0.3) is 0 Å². The van der Waals surface area contributed by atoms with Crippen molar-refractivity contribution in [2.24, 2.45) is 0 Å². The summed E-state index contributed by atoms with van der Waals surface area (Å²) in [6.45, 7) is 4.18. The molecule has 0 saturated heterocycles. The first-order valence-electron chi connectivity index (χ1n) is 7.06. The molecule has 0 amide bonds. The molecule has 0 unspecified atom stereocenters. The van der Waals surface area contributed by atoms with Crippen LogP contribution in [0.25, 0.3) is 0 Å². The second-order valence-electron chi connectivity index (χ2n) is 4.98. The van der Waals surface area contributed by atoms with Crippen molar-refractivity contribution in [2.75, 3.05) is 18.5 Å². The first-order valence-corrected chi connectivity index (χ1v) is 7.44. The SMILES string of the molecule is CCNCc1cccc(Cl)c1N(C)Cc1ccccc1F. The second-order valence-corrected chi connectivity index (χ2v) is 5.38. The lowest BCUT2D eigenvalue weighted by atomic mass is 10.1. The van der Waals surface area contributed by atoms with Crippen LogP contribution in [0.2, 0.25) is 5.02 Å². The summed E-state index contributed by atoms with van der Waals surface area (Å²) in [7, 11) is 1.93. The highest BCUT2D eigenvalue weighted by atomic mass is 35.5. The van der Waals surface area contributed by atoms with Crippen LogP contribution in [-0.4, -0.2) is 13.6 Å². The van der Waals surface area contributed by atoms with E-state index in [1.807, 2.05) is 36.2 Å². The summed E-state index contributed by atoms with van der Waals surface area (Å²) in [6, 6.07) is 12.7. The minimum absolute atomic E-state index is 0.190. The topological polar surface area (TPSA) is 15.3 Å². The maximum absolute atomic E-state index is 13.8. The molecule has 2 aromatic carbocycles. The molecule has 0 bridgehead atoms. The number of nitrogens with zero attached hydrogens (tertiary/aromatic N) is 1. The van der Waals surface area contributed by atoms with Gasteiger partial charge in [0.2, 0.25) is 0 Å². The van der Waals surface area contributed by atoms with Gasteiger partial charge in [-0.05, 0) is 24.2 Å². The third-order valence-electron chi connectivity index (χ3n) is 3.38. The molecule has 0 radical (unpaired) electrons. The van der Waals surface area contributed by atoms with Crippen LogP contribution in [0.4, 0.5) is 10.1 Å². The number of nitrogens with one attached hydrogen (secondary N) is 1. The Morgan fingerprint density at radius 3 is 2.52 bits per heavy atom. The Balaban J connectivity index is 2.26. The van der Waals surface area contributed by atoms with Gasteiger partial charge in [-0.1, -0.05) is 48.9 Å². The fraction of sp³-hybridized carbons (Fsp3) is 0.294. The predicted octanol–water partition coefficient (Wildman–Crippen LogP) is 4.23. The molecule has 0 aliphatic carbocycles. The van der Waals surface area contributed by atoms with Crippen molar-refractivity contribution in [3.8, 4) is 0 Å². The van der Waals surface area contributed by atoms with Gasteiger partial charge in [0.05, 0.1) is 10.7 Å². The molecule has 1 N–H and O–H groups in total. The highest BCUT2D eigenvalue weighted by molar-refractivity contribution is 6.33. The molecule has 0 atom stereocenters. The van der Waals surface area contributed by atoms with Crippen LogP contribution >= 0.6 is 11.6 Å². The van der Waals surface area contributed by atoms with E-state index in [1.54, 1.807) is 12.1 Å². The Morgan fingerprint density at radius 2 is 1.81 bits per heavy atom. The third kappa shape index (κ3) is 3.96. The number of para-hydroxylation sites is 1. The number of halogens is 2. The van der Waals surface area contributed by atoms with Gasteiger partial charge in [-0.2, -0.15) is 0 Å². The standard InChI is InChI=1S/C17H20ClFN2/c1-3-20-11-13-8-6-9-15(18)17(13)21(2)12-14-7-4-5-10-16(14)19/h4-10,20H,3,11-12H2,1-2H3. The number of anilines is 1. The molecule has 2 rings (SSSR count). The fourth-order valence-electron chi connectivity index (χ4n) is 2.35. The Morgan fingerprint density at radius 1 is 1.10 bits per heavy atom. The van der Waals surface area contributed by atoms with Gasteiger partial charge in [0.1, 0.15) is 5.82 Å². The lowest BCUT2D eigenvalue weighted by Crippen LogP contribution is -2.21. The lowest BCUT2D eigenvalue weighted by Gasteiger charge is -2.24. The highest BCUT2D eigenvalue weighted by Crippen LogP contribution is 2.30. The van der Waals surface area contributed by atoms with E-state index in [1.165, 1.54) is 6.07 Å². The monoisotopic (exact) mass is 306 g/mol. The molecule has 4 heteroatoms. The minimum Gasteiger partial charge on any atom is -0.369 e. The molecule has 0 aliphatic heterocycles. The minimum atomic E-state index is -0.190. The molecular weight excluding hydrogens is 287 g/mol. The van der Waals surface area contributed by atoms with Gasteiger partial charge in [0.15, 0.2) is 0 Å². The summed E-state index contributed by atoms with van der Waals surface area (Å²) in [4.78, 5) is 1.99. The van der Waals surface area contributed by atoms with Gasteiger partial charge in [0, 0.05) is 25.7 Å². The number of rotatable bonds is 6. The zero-order chi connectivity index (χ0) is 15.2. The molecule has 0 heterocycles. The smallest absolute Gasteiger partial charge is 0.128 e. The largest absolute Gasteiger partial charge is 0.369 e. The molecule has 0 fully saturated rings. The zero-order valence-electron chi connectivity index (χ0n) is 12.4. The van der Waals surface area contributed by atoms with Crippen molar-refractivity contribution >= 4 is 17.3 Å². The van der Waals surface area contributed by atoms with E-state index in [9.17, 15) is 4.39 Å². The van der Waals surface area contributed by atoms with Gasteiger partial charge in [-0.25, -0.2) is 4.39 Å². The Hall–Kier alpha value is -1.58. The summed E-state index contributed by atoms with van der Waals surface area (Å²) in [5.74, 6) is -0.190. The van der Waals surface area contributed by atoms with Gasteiger partial charge < -0.3 is 10.2 Å². The normalized spacial score (nSPS) is 10.7. The van der Waals surface area contributed by atoms with E-state index < -0.39 is 0 Å². The molecule has 2 nitrogen and oxygen atoms in total. The highest BCUT2D eigenvalue weighted by Gasteiger charge is 2.13. The summed E-state index contributed by atoms with van der Waals surface area (Å²) < 4.78 is 13.8. The Labute approximate surface area is 130 Å². The van der Waals surface area contributed by atoms with Crippen molar-refractivity contribution in [3.05, 3.63) is 64.4 Å². The van der Waals surface area contributed by atoms with Crippen LogP contribution in [0.1, 0.15) is 18.1 Å². The van der Waals surface area contributed by atoms with E-state index in [2.05, 4.69) is 12.2 Å². The molecule has 2 aromatic rings. The number of hydrogen-bond donors (Lipinski definition) is 1. The summed E-state index contributed by atoms with van der Waals surface area (Å²) in [6.07, 6.45) is 0. The summed E-state index contributed by atoms with van der Waals surface area (Å²) in [5.41, 5.74) is 2.72. The van der Waals surface area contributed by atoms with Crippen LogP contribution < -0.4 is 10.2 Å². The lowest BCUT2D eigenvalue weighted by molar-refractivity contribution is 0.607. The molecular formula is C17H20ClFN2. The summed E-state index contributed by atoms with van der Waals surface area (Å²) in [5, 5.41) is 3.99. The van der Waals surface area contributed by atoms with E-state index in [0.29, 0.717) is 17.1 Å². The van der Waals surface area contributed by atoms with E-state index in [4.69, 9.17) is 11.6 Å². The van der Waals surface area contributed by atoms with Crippen molar-refractivity contribution < 1.29 is 4.39 Å². The van der Waals surface area contributed by atoms with Crippen molar-refractivity contribution in [1.82, 2.24) is 5.32 Å². The third-order valence-corrected chi connectivity index (χ3v) is 3.69. The molecule has 21 heavy (non-hydrogen) atoms. The number of hydrogen-bond acceptors (Lipinski definition) is 2. The van der Waals surface area contributed by atoms with E-state index in [0.717, 1.165) is 24.3 Å². The van der Waals surface area contributed by atoms with Crippen LogP contribution in [0.3, 0.4) is 0 Å². The summed E-state index contributed by atoms with van der Waals surface area (Å²) >= 11 is 6.35. The van der Waals surface area contributed by atoms with Crippen LogP contribution in [0.15, 0.2) is 42.5 Å². The second kappa shape index (κ2) is 7.43. The van der Waals surface area contributed by atoms with Gasteiger partial charge >= 0.3 is 0 Å². The maximum Gasteiger partial charge on any atom is 0.128 e. The number of benzene rings is 2. The molecule has 112 valence electrons. The average Bonchev–Trinajstić information content (AvgIpc) is 2.47.